The molecule has 1 rings (SSSR count). The van der Waals surface area contributed by atoms with Crippen molar-refractivity contribution in [2.24, 2.45) is 5.92 Å². The molecule has 0 radical (unpaired) electrons. The van der Waals surface area contributed by atoms with Crippen LogP contribution in [0.2, 0.25) is 0 Å². The van der Waals surface area contributed by atoms with Gasteiger partial charge in [-0.1, -0.05) is 19.3 Å². The molecular formula is C10H17NO4. The van der Waals surface area contributed by atoms with Gasteiger partial charge in [-0.3, -0.25) is 0 Å². The molecule has 5 heteroatoms. The molecule has 15 heavy (non-hydrogen) atoms. The van der Waals surface area contributed by atoms with Gasteiger partial charge in [0.1, 0.15) is 6.04 Å². The first-order valence-corrected chi connectivity index (χ1v) is 5.22. The number of carboxylic acids is 1. The second-order valence-electron chi connectivity index (χ2n) is 3.85. The predicted molar refractivity (Wildman–Crippen MR) is 53.5 cm³/mol. The molecule has 0 heterocycles. The number of nitrogens with one attached hydrogen (secondary N) is 1. The lowest BCUT2D eigenvalue weighted by atomic mass is 9.84. The highest BCUT2D eigenvalue weighted by atomic mass is 16.5. The van der Waals surface area contributed by atoms with Gasteiger partial charge in [0.25, 0.3) is 0 Å². The Labute approximate surface area is 88.8 Å². The van der Waals surface area contributed by atoms with Crippen LogP contribution in [0.25, 0.3) is 0 Å². The summed E-state index contributed by atoms with van der Waals surface area (Å²) in [5.41, 5.74) is 0. The van der Waals surface area contributed by atoms with E-state index in [-0.39, 0.29) is 5.92 Å². The maximum Gasteiger partial charge on any atom is 0.407 e. The van der Waals surface area contributed by atoms with Crippen LogP contribution in [0.1, 0.15) is 32.1 Å². The highest BCUT2D eigenvalue weighted by molar-refractivity contribution is 5.80. The van der Waals surface area contributed by atoms with Crippen molar-refractivity contribution in [2.45, 2.75) is 38.1 Å². The monoisotopic (exact) mass is 215 g/mol. The van der Waals surface area contributed by atoms with Crippen molar-refractivity contribution < 1.29 is 19.4 Å². The second-order valence-corrected chi connectivity index (χ2v) is 3.85. The Morgan fingerprint density at radius 3 is 2.40 bits per heavy atom. The molecule has 0 saturated heterocycles. The first-order valence-electron chi connectivity index (χ1n) is 5.22. The summed E-state index contributed by atoms with van der Waals surface area (Å²) in [5.74, 6) is -0.942. The fraction of sp³-hybridized carbons (Fsp3) is 0.800. The van der Waals surface area contributed by atoms with E-state index in [1.807, 2.05) is 0 Å². The number of ether oxygens (including phenoxy) is 1. The number of hydrogen-bond donors (Lipinski definition) is 2. The Bertz CT molecular complexity index is 236. The summed E-state index contributed by atoms with van der Waals surface area (Å²) in [6.45, 7) is 0. The van der Waals surface area contributed by atoms with Gasteiger partial charge in [0.15, 0.2) is 0 Å². The molecule has 0 spiro atoms. The van der Waals surface area contributed by atoms with Gasteiger partial charge in [0.2, 0.25) is 0 Å². The zero-order valence-electron chi connectivity index (χ0n) is 8.86. The largest absolute Gasteiger partial charge is 0.480 e. The molecule has 5 nitrogen and oxygen atoms in total. The van der Waals surface area contributed by atoms with Crippen LogP contribution in [0.15, 0.2) is 0 Å². The van der Waals surface area contributed by atoms with Crippen molar-refractivity contribution in [3.63, 3.8) is 0 Å². The van der Waals surface area contributed by atoms with Crippen LogP contribution in [0.4, 0.5) is 4.79 Å². The molecular weight excluding hydrogens is 198 g/mol. The Balaban J connectivity index is 2.55. The number of amides is 1. The number of methoxy groups -OCH3 is 1. The van der Waals surface area contributed by atoms with Gasteiger partial charge in [0.05, 0.1) is 7.11 Å². The Kier molecular flexibility index (Phi) is 4.39. The molecule has 0 bridgehead atoms. The SMILES string of the molecule is COC(=O)N[C@@H](C(=O)O)C1CCCCC1. The molecule has 1 aliphatic carbocycles. The molecule has 86 valence electrons. The van der Waals surface area contributed by atoms with Crippen LogP contribution in [0.5, 0.6) is 0 Å². The van der Waals surface area contributed by atoms with E-state index in [2.05, 4.69) is 10.1 Å². The summed E-state index contributed by atoms with van der Waals surface area (Å²) >= 11 is 0. The van der Waals surface area contributed by atoms with E-state index in [0.29, 0.717) is 0 Å². The van der Waals surface area contributed by atoms with Gasteiger partial charge in [-0.05, 0) is 18.8 Å². The van der Waals surface area contributed by atoms with E-state index < -0.39 is 18.1 Å². The van der Waals surface area contributed by atoms with Gasteiger partial charge < -0.3 is 15.2 Å². The van der Waals surface area contributed by atoms with Gasteiger partial charge in [0, 0.05) is 0 Å². The first-order chi connectivity index (χ1) is 7.15. The van der Waals surface area contributed by atoms with Crippen LogP contribution >= 0.6 is 0 Å². The maximum absolute atomic E-state index is 11.0. The van der Waals surface area contributed by atoms with Gasteiger partial charge >= 0.3 is 12.1 Å². The summed E-state index contributed by atoms with van der Waals surface area (Å²) in [5, 5.41) is 11.4. The normalized spacial score (nSPS) is 19.3. The lowest BCUT2D eigenvalue weighted by Crippen LogP contribution is -2.46. The van der Waals surface area contributed by atoms with Crippen LogP contribution in [0.3, 0.4) is 0 Å². The maximum atomic E-state index is 11.0. The van der Waals surface area contributed by atoms with Crippen LogP contribution in [0, 0.1) is 5.92 Å². The highest BCUT2D eigenvalue weighted by Crippen LogP contribution is 2.26. The third-order valence-corrected chi connectivity index (χ3v) is 2.85. The third kappa shape index (κ3) is 3.42. The van der Waals surface area contributed by atoms with Gasteiger partial charge in [-0.15, -0.1) is 0 Å². The standard InChI is InChI=1S/C10H17NO4/c1-15-10(14)11-8(9(12)13)7-5-3-2-4-6-7/h7-8H,2-6H2,1H3,(H,11,14)(H,12,13)/t8-/m1/s1. The molecule has 0 aliphatic heterocycles. The molecule has 0 aromatic heterocycles. The highest BCUT2D eigenvalue weighted by Gasteiger charge is 2.30. The van der Waals surface area contributed by atoms with Crippen LogP contribution < -0.4 is 5.32 Å². The van der Waals surface area contributed by atoms with E-state index >= 15 is 0 Å². The number of carboxylic acid groups (broad SMARTS) is 1. The Morgan fingerprint density at radius 2 is 1.93 bits per heavy atom. The smallest absolute Gasteiger partial charge is 0.407 e. The minimum atomic E-state index is -0.979. The van der Waals surface area contributed by atoms with E-state index in [1.54, 1.807) is 0 Å². The van der Waals surface area contributed by atoms with E-state index in [0.717, 1.165) is 32.1 Å². The van der Waals surface area contributed by atoms with Crippen molar-refractivity contribution in [1.82, 2.24) is 5.32 Å². The van der Waals surface area contributed by atoms with E-state index in [4.69, 9.17) is 5.11 Å². The Morgan fingerprint density at radius 1 is 1.33 bits per heavy atom. The van der Waals surface area contributed by atoms with Crippen molar-refractivity contribution >= 4 is 12.1 Å². The van der Waals surface area contributed by atoms with Crippen LogP contribution in [-0.4, -0.2) is 30.3 Å². The summed E-state index contributed by atoms with van der Waals surface area (Å²) in [6, 6.07) is -0.808. The molecule has 1 fully saturated rings. The average molecular weight is 215 g/mol. The average Bonchev–Trinajstić information content (AvgIpc) is 2.26. The molecule has 1 saturated carbocycles. The predicted octanol–water partition coefficient (Wildman–Crippen LogP) is 1.38. The molecule has 0 aromatic carbocycles. The molecule has 0 aromatic rings. The summed E-state index contributed by atoms with van der Waals surface area (Å²) in [6.07, 6.45) is 4.28. The van der Waals surface area contributed by atoms with Gasteiger partial charge in [-0.2, -0.15) is 0 Å². The molecule has 1 amide bonds. The van der Waals surface area contributed by atoms with Crippen molar-refractivity contribution in [2.75, 3.05) is 7.11 Å². The Hall–Kier alpha value is -1.26. The van der Waals surface area contributed by atoms with Crippen molar-refractivity contribution in [3.05, 3.63) is 0 Å². The molecule has 1 atom stereocenters. The zero-order valence-corrected chi connectivity index (χ0v) is 8.86. The minimum absolute atomic E-state index is 0.0374. The number of carbonyl (C=O) groups is 2. The minimum Gasteiger partial charge on any atom is -0.480 e. The molecule has 1 aliphatic rings. The fourth-order valence-electron chi connectivity index (χ4n) is 2.03. The topological polar surface area (TPSA) is 75.6 Å². The number of rotatable bonds is 3. The van der Waals surface area contributed by atoms with Gasteiger partial charge in [-0.25, -0.2) is 9.59 Å². The first kappa shape index (κ1) is 11.8. The summed E-state index contributed by atoms with van der Waals surface area (Å²) < 4.78 is 4.41. The third-order valence-electron chi connectivity index (χ3n) is 2.85. The number of hydrogen-bond acceptors (Lipinski definition) is 3. The molecule has 2 N–H and O–H groups in total. The zero-order chi connectivity index (χ0) is 11.3. The lowest BCUT2D eigenvalue weighted by molar-refractivity contribution is -0.141. The number of carbonyl (C=O) groups excluding carboxylic acids is 1. The van der Waals surface area contributed by atoms with Crippen molar-refractivity contribution in [3.8, 4) is 0 Å². The van der Waals surface area contributed by atoms with Crippen LogP contribution in [-0.2, 0) is 9.53 Å². The fourth-order valence-corrected chi connectivity index (χ4v) is 2.03. The van der Waals surface area contributed by atoms with E-state index in [9.17, 15) is 9.59 Å². The quantitative estimate of drug-likeness (QED) is 0.745. The number of alkyl carbamates (subject to hydrolysis) is 1. The molecule has 0 unspecified atom stereocenters. The number of aliphatic carboxylic acids is 1. The second kappa shape index (κ2) is 5.58. The summed E-state index contributed by atoms with van der Waals surface area (Å²) in [4.78, 5) is 22.0. The van der Waals surface area contributed by atoms with Crippen molar-refractivity contribution in [1.29, 1.82) is 0 Å². The lowest BCUT2D eigenvalue weighted by Gasteiger charge is -2.27. The van der Waals surface area contributed by atoms with E-state index in [1.165, 1.54) is 7.11 Å². The summed E-state index contributed by atoms with van der Waals surface area (Å²) in [7, 11) is 1.23.